The van der Waals surface area contributed by atoms with Gasteiger partial charge in [0.2, 0.25) is 0 Å². The number of unbranched alkanes of at least 4 members (excludes halogenated alkanes) is 13. The van der Waals surface area contributed by atoms with Crippen LogP contribution in [0.5, 0.6) is 0 Å². The van der Waals surface area contributed by atoms with Crippen molar-refractivity contribution >= 4 is 11.8 Å². The number of aliphatic hydroxyl groups excluding tert-OH is 1. The first-order chi connectivity index (χ1) is 12.3. The zero-order chi connectivity index (χ0) is 18.6. The SMILES string of the molecule is C#CC(C)C(CO)CSCCCCCCCCCCCCCCCC. The van der Waals surface area contributed by atoms with Gasteiger partial charge in [-0.25, -0.2) is 0 Å². The molecule has 0 spiro atoms. The van der Waals surface area contributed by atoms with Crippen LogP contribution in [0.3, 0.4) is 0 Å². The quantitative estimate of drug-likeness (QED) is 0.194. The first kappa shape index (κ1) is 24.9. The van der Waals surface area contributed by atoms with Crippen LogP contribution in [0, 0.1) is 24.2 Å². The van der Waals surface area contributed by atoms with Gasteiger partial charge in [0.1, 0.15) is 0 Å². The van der Waals surface area contributed by atoms with Crippen LogP contribution in [0.1, 0.15) is 104 Å². The Labute approximate surface area is 163 Å². The van der Waals surface area contributed by atoms with Gasteiger partial charge in [0.25, 0.3) is 0 Å². The molecular weight excluding hydrogens is 324 g/mol. The highest BCUT2D eigenvalue weighted by Gasteiger charge is 2.13. The molecule has 0 aromatic rings. The number of hydrogen-bond acceptors (Lipinski definition) is 2. The molecule has 1 N–H and O–H groups in total. The lowest BCUT2D eigenvalue weighted by Gasteiger charge is -2.16. The van der Waals surface area contributed by atoms with Crippen molar-refractivity contribution in [2.45, 2.75) is 104 Å². The molecule has 0 saturated carbocycles. The number of thioether (sulfide) groups is 1. The van der Waals surface area contributed by atoms with Gasteiger partial charge in [0, 0.05) is 18.4 Å². The minimum atomic E-state index is 0.189. The lowest BCUT2D eigenvalue weighted by Crippen LogP contribution is -2.17. The van der Waals surface area contributed by atoms with Crippen molar-refractivity contribution in [2.75, 3.05) is 18.1 Å². The fraction of sp³-hybridized carbons (Fsp3) is 0.913. The number of hydrogen-bond donors (Lipinski definition) is 1. The van der Waals surface area contributed by atoms with Gasteiger partial charge in [0.15, 0.2) is 0 Å². The summed E-state index contributed by atoms with van der Waals surface area (Å²) in [5.41, 5.74) is 0. The molecule has 0 amide bonds. The Morgan fingerprint density at radius 2 is 1.24 bits per heavy atom. The molecule has 0 saturated heterocycles. The van der Waals surface area contributed by atoms with E-state index in [1.807, 2.05) is 18.7 Å². The van der Waals surface area contributed by atoms with Gasteiger partial charge in [-0.2, -0.15) is 11.8 Å². The topological polar surface area (TPSA) is 20.2 Å². The summed E-state index contributed by atoms with van der Waals surface area (Å²) in [6.07, 6.45) is 25.2. The third-order valence-electron chi connectivity index (χ3n) is 5.18. The predicted octanol–water partition coefficient (Wildman–Crippen LogP) is 7.08. The van der Waals surface area contributed by atoms with Crippen LogP contribution in [-0.4, -0.2) is 23.2 Å². The van der Waals surface area contributed by atoms with E-state index in [1.54, 1.807) is 0 Å². The van der Waals surface area contributed by atoms with E-state index in [0.29, 0.717) is 0 Å². The zero-order valence-electron chi connectivity index (χ0n) is 17.1. The van der Waals surface area contributed by atoms with Crippen molar-refractivity contribution < 1.29 is 5.11 Å². The van der Waals surface area contributed by atoms with Crippen LogP contribution in [0.2, 0.25) is 0 Å². The molecule has 0 fully saturated rings. The second-order valence-electron chi connectivity index (χ2n) is 7.57. The minimum Gasteiger partial charge on any atom is -0.396 e. The van der Waals surface area contributed by atoms with Crippen LogP contribution in [0.25, 0.3) is 0 Å². The van der Waals surface area contributed by atoms with Gasteiger partial charge in [-0.05, 0) is 17.9 Å². The smallest absolute Gasteiger partial charge is 0.0478 e. The van der Waals surface area contributed by atoms with Crippen molar-refractivity contribution in [2.24, 2.45) is 11.8 Å². The number of aliphatic hydroxyl groups is 1. The fourth-order valence-corrected chi connectivity index (χ4v) is 4.40. The van der Waals surface area contributed by atoms with Crippen LogP contribution in [0.15, 0.2) is 0 Å². The molecule has 0 heterocycles. The minimum absolute atomic E-state index is 0.189. The summed E-state index contributed by atoms with van der Waals surface area (Å²) in [5, 5.41) is 9.34. The molecule has 1 nitrogen and oxygen atoms in total. The Morgan fingerprint density at radius 3 is 1.64 bits per heavy atom. The Balaban J connectivity index is 3.18. The maximum atomic E-state index is 9.34. The van der Waals surface area contributed by atoms with Crippen LogP contribution in [-0.2, 0) is 0 Å². The highest BCUT2D eigenvalue weighted by atomic mass is 32.2. The largest absolute Gasteiger partial charge is 0.396 e. The average molecular weight is 369 g/mol. The molecule has 0 radical (unpaired) electrons. The van der Waals surface area contributed by atoms with Crippen molar-refractivity contribution in [3.63, 3.8) is 0 Å². The first-order valence-corrected chi connectivity index (χ1v) is 12.1. The highest BCUT2D eigenvalue weighted by Crippen LogP contribution is 2.18. The van der Waals surface area contributed by atoms with E-state index in [1.165, 1.54) is 95.6 Å². The molecule has 0 aromatic heterocycles. The van der Waals surface area contributed by atoms with Gasteiger partial charge < -0.3 is 5.11 Å². The van der Waals surface area contributed by atoms with E-state index in [2.05, 4.69) is 12.8 Å². The first-order valence-electron chi connectivity index (χ1n) is 10.9. The van der Waals surface area contributed by atoms with Crippen molar-refractivity contribution in [1.29, 1.82) is 0 Å². The van der Waals surface area contributed by atoms with Gasteiger partial charge in [-0.1, -0.05) is 97.3 Å². The van der Waals surface area contributed by atoms with Gasteiger partial charge in [0.05, 0.1) is 0 Å². The molecule has 2 unspecified atom stereocenters. The summed E-state index contributed by atoms with van der Waals surface area (Å²) < 4.78 is 0. The summed E-state index contributed by atoms with van der Waals surface area (Å²) >= 11 is 1.96. The summed E-state index contributed by atoms with van der Waals surface area (Å²) in [4.78, 5) is 0. The predicted molar refractivity (Wildman–Crippen MR) is 116 cm³/mol. The van der Waals surface area contributed by atoms with E-state index in [-0.39, 0.29) is 18.4 Å². The zero-order valence-corrected chi connectivity index (χ0v) is 17.9. The van der Waals surface area contributed by atoms with E-state index in [9.17, 15) is 5.11 Å². The third kappa shape index (κ3) is 17.1. The van der Waals surface area contributed by atoms with E-state index in [0.717, 1.165) is 5.75 Å². The summed E-state index contributed by atoms with van der Waals surface area (Å²) in [6, 6.07) is 0. The van der Waals surface area contributed by atoms with Crippen LogP contribution < -0.4 is 0 Å². The lowest BCUT2D eigenvalue weighted by molar-refractivity contribution is 0.218. The van der Waals surface area contributed by atoms with Gasteiger partial charge in [-0.3, -0.25) is 0 Å². The molecule has 0 bridgehead atoms. The number of rotatable bonds is 19. The molecule has 0 aliphatic carbocycles. The summed E-state index contributed by atoms with van der Waals surface area (Å²) in [5.74, 6) is 5.42. The molecule has 148 valence electrons. The second kappa shape index (κ2) is 20.2. The van der Waals surface area contributed by atoms with Gasteiger partial charge >= 0.3 is 0 Å². The van der Waals surface area contributed by atoms with Crippen LogP contribution in [0.4, 0.5) is 0 Å². The van der Waals surface area contributed by atoms with Gasteiger partial charge in [-0.15, -0.1) is 12.3 Å². The molecule has 0 aliphatic heterocycles. The average Bonchev–Trinajstić information content (AvgIpc) is 2.64. The molecule has 0 aromatic carbocycles. The third-order valence-corrected chi connectivity index (χ3v) is 6.42. The maximum Gasteiger partial charge on any atom is 0.0478 e. The van der Waals surface area contributed by atoms with Crippen molar-refractivity contribution in [3.8, 4) is 12.3 Å². The molecular formula is C23H44OS. The molecule has 0 aliphatic rings. The van der Waals surface area contributed by atoms with Crippen molar-refractivity contribution in [1.82, 2.24) is 0 Å². The Morgan fingerprint density at radius 1 is 0.800 bits per heavy atom. The Hall–Kier alpha value is -0.130. The standard InChI is InChI=1S/C23H44OS/c1-4-6-7-8-9-10-11-12-13-14-15-16-17-18-19-25-21-23(20-24)22(3)5-2/h2,22-24H,4,6-21H2,1,3H3. The monoisotopic (exact) mass is 368 g/mol. The van der Waals surface area contributed by atoms with E-state index >= 15 is 0 Å². The van der Waals surface area contributed by atoms with Crippen molar-refractivity contribution in [3.05, 3.63) is 0 Å². The summed E-state index contributed by atoms with van der Waals surface area (Å²) in [6.45, 7) is 4.54. The van der Waals surface area contributed by atoms with E-state index < -0.39 is 0 Å². The molecule has 0 rings (SSSR count). The number of terminal acetylenes is 1. The molecule has 2 atom stereocenters. The maximum absolute atomic E-state index is 9.34. The normalized spacial score (nSPS) is 13.5. The second-order valence-corrected chi connectivity index (χ2v) is 8.72. The highest BCUT2D eigenvalue weighted by molar-refractivity contribution is 7.99. The van der Waals surface area contributed by atoms with E-state index in [4.69, 9.17) is 6.42 Å². The Kier molecular flexibility index (Phi) is 20.1. The molecule has 25 heavy (non-hydrogen) atoms. The summed E-state index contributed by atoms with van der Waals surface area (Å²) in [7, 11) is 0. The van der Waals surface area contributed by atoms with Crippen LogP contribution >= 0.6 is 11.8 Å². The molecule has 2 heteroatoms. The fourth-order valence-electron chi connectivity index (χ4n) is 3.12. The Bertz CT molecular complexity index is 297. The lowest BCUT2D eigenvalue weighted by atomic mass is 9.98.